The highest BCUT2D eigenvalue weighted by Gasteiger charge is 2.42. The zero-order valence-electron chi connectivity index (χ0n) is 13.6. The first-order valence-corrected chi connectivity index (χ1v) is 9.16. The Morgan fingerprint density at radius 2 is 1.68 bits per heavy atom. The molecule has 1 aromatic heterocycles. The van der Waals surface area contributed by atoms with Crippen LogP contribution in [0.3, 0.4) is 0 Å². The smallest absolute Gasteiger partial charge is 0.323 e. The van der Waals surface area contributed by atoms with Crippen molar-refractivity contribution in [2.75, 3.05) is 5.32 Å². The van der Waals surface area contributed by atoms with E-state index in [-0.39, 0.29) is 11.6 Å². The van der Waals surface area contributed by atoms with Crippen LogP contribution in [0.15, 0.2) is 51.7 Å². The first kappa shape index (κ1) is 16.1. The zero-order valence-corrected chi connectivity index (χ0v) is 15.2. The second-order valence-electron chi connectivity index (χ2n) is 6.59. The molecule has 1 aliphatic rings. The van der Waals surface area contributed by atoms with Gasteiger partial charge in [0, 0.05) is 10.2 Å². The van der Waals surface area contributed by atoms with Crippen LogP contribution in [0.4, 0.5) is 5.69 Å². The van der Waals surface area contributed by atoms with Crippen molar-refractivity contribution < 1.29 is 4.79 Å². The number of anilines is 1. The number of benzene rings is 2. The first-order valence-electron chi connectivity index (χ1n) is 8.36. The molecule has 0 radical (unpaired) electrons. The van der Waals surface area contributed by atoms with Crippen LogP contribution in [0.2, 0.25) is 0 Å². The number of hydrogen-bond acceptors (Lipinski definition) is 2. The molecule has 3 aromatic rings. The average molecular weight is 400 g/mol. The largest absolute Gasteiger partial charge is 0.325 e. The molecule has 1 heterocycles. The van der Waals surface area contributed by atoms with Crippen LogP contribution in [0, 0.1) is 0 Å². The molecule has 6 heteroatoms. The number of hydrogen-bond donors (Lipinski definition) is 3. The molecule has 25 heavy (non-hydrogen) atoms. The van der Waals surface area contributed by atoms with Crippen LogP contribution in [0.25, 0.3) is 11.0 Å². The molecule has 2 aromatic carbocycles. The van der Waals surface area contributed by atoms with Gasteiger partial charge in [-0.25, -0.2) is 4.79 Å². The molecule has 1 amide bonds. The van der Waals surface area contributed by atoms with Gasteiger partial charge in [-0.2, -0.15) is 0 Å². The van der Waals surface area contributed by atoms with Gasteiger partial charge in [0.1, 0.15) is 0 Å². The minimum absolute atomic E-state index is 0.0181. The van der Waals surface area contributed by atoms with Gasteiger partial charge in [-0.15, -0.1) is 0 Å². The SMILES string of the molecule is O=C(Nc1ccc2[nH]c(=O)[nH]c2c1)C1(c2ccc(Br)cc2)CCCC1. The Morgan fingerprint density at radius 1 is 1.00 bits per heavy atom. The highest BCUT2D eigenvalue weighted by Crippen LogP contribution is 2.42. The van der Waals surface area contributed by atoms with Gasteiger partial charge >= 0.3 is 5.69 Å². The van der Waals surface area contributed by atoms with Crippen LogP contribution in [-0.2, 0) is 10.2 Å². The molecule has 1 aliphatic carbocycles. The van der Waals surface area contributed by atoms with Gasteiger partial charge in [-0.1, -0.05) is 40.9 Å². The lowest BCUT2D eigenvalue weighted by atomic mass is 9.78. The van der Waals surface area contributed by atoms with Crippen molar-refractivity contribution in [3.05, 3.63) is 63.0 Å². The lowest BCUT2D eigenvalue weighted by molar-refractivity contribution is -0.121. The third kappa shape index (κ3) is 2.91. The van der Waals surface area contributed by atoms with Crippen LogP contribution in [0.1, 0.15) is 31.2 Å². The molecule has 1 fully saturated rings. The maximum Gasteiger partial charge on any atom is 0.323 e. The van der Waals surface area contributed by atoms with Gasteiger partial charge in [-0.3, -0.25) is 4.79 Å². The first-order chi connectivity index (χ1) is 12.1. The summed E-state index contributed by atoms with van der Waals surface area (Å²) >= 11 is 3.45. The molecule has 0 saturated heterocycles. The third-order valence-corrected chi connectivity index (χ3v) is 5.59. The standard InChI is InChI=1S/C19H18BrN3O2/c20-13-5-3-12(4-6-13)19(9-1-2-10-19)17(24)21-14-7-8-15-16(11-14)23-18(25)22-15/h3-8,11H,1-2,9-10H2,(H,21,24)(H2,22,23,25). The number of carbonyl (C=O) groups excluding carboxylic acids is 1. The Morgan fingerprint density at radius 3 is 2.40 bits per heavy atom. The van der Waals surface area contributed by atoms with Crippen molar-refractivity contribution in [1.82, 2.24) is 9.97 Å². The number of halogens is 1. The Labute approximate surface area is 153 Å². The van der Waals surface area contributed by atoms with E-state index in [9.17, 15) is 9.59 Å². The number of fused-ring (bicyclic) bond motifs is 1. The normalized spacial score (nSPS) is 16.2. The minimum Gasteiger partial charge on any atom is -0.325 e. The Bertz CT molecular complexity index is 982. The van der Waals surface area contributed by atoms with E-state index in [2.05, 4.69) is 31.2 Å². The highest BCUT2D eigenvalue weighted by molar-refractivity contribution is 9.10. The van der Waals surface area contributed by atoms with Crippen molar-refractivity contribution in [2.45, 2.75) is 31.1 Å². The topological polar surface area (TPSA) is 77.8 Å². The van der Waals surface area contributed by atoms with Crippen molar-refractivity contribution in [1.29, 1.82) is 0 Å². The molecule has 4 rings (SSSR count). The van der Waals surface area contributed by atoms with Crippen LogP contribution < -0.4 is 11.0 Å². The van der Waals surface area contributed by atoms with Crippen LogP contribution >= 0.6 is 15.9 Å². The maximum absolute atomic E-state index is 13.2. The highest BCUT2D eigenvalue weighted by atomic mass is 79.9. The van der Waals surface area contributed by atoms with E-state index in [0.717, 1.165) is 41.2 Å². The van der Waals surface area contributed by atoms with E-state index in [1.54, 1.807) is 12.1 Å². The van der Waals surface area contributed by atoms with Gasteiger partial charge in [0.25, 0.3) is 0 Å². The Kier molecular flexibility index (Phi) is 4.00. The van der Waals surface area contributed by atoms with Crippen molar-refractivity contribution >= 4 is 38.6 Å². The minimum atomic E-state index is -0.485. The quantitative estimate of drug-likeness (QED) is 0.620. The van der Waals surface area contributed by atoms with E-state index in [0.29, 0.717) is 11.2 Å². The molecule has 1 saturated carbocycles. The van der Waals surface area contributed by atoms with Crippen LogP contribution in [0.5, 0.6) is 0 Å². The summed E-state index contributed by atoms with van der Waals surface area (Å²) in [5.41, 5.74) is 2.43. The Balaban J connectivity index is 1.66. The Hall–Kier alpha value is -2.34. The number of amides is 1. The fourth-order valence-electron chi connectivity index (χ4n) is 3.76. The summed E-state index contributed by atoms with van der Waals surface area (Å²) in [5, 5.41) is 3.05. The zero-order chi connectivity index (χ0) is 17.4. The van der Waals surface area contributed by atoms with E-state index >= 15 is 0 Å². The van der Waals surface area contributed by atoms with Crippen molar-refractivity contribution in [3.63, 3.8) is 0 Å². The number of carbonyl (C=O) groups is 1. The number of aromatic amines is 2. The summed E-state index contributed by atoms with van der Waals surface area (Å²) in [6.07, 6.45) is 3.80. The van der Waals surface area contributed by atoms with E-state index in [1.807, 2.05) is 30.3 Å². The fourth-order valence-corrected chi connectivity index (χ4v) is 4.02. The molecule has 0 spiro atoms. The second kappa shape index (κ2) is 6.19. The molecule has 0 aliphatic heterocycles. The fraction of sp³-hybridized carbons (Fsp3) is 0.263. The molecule has 3 N–H and O–H groups in total. The molecular weight excluding hydrogens is 382 g/mol. The van der Waals surface area contributed by atoms with Crippen LogP contribution in [-0.4, -0.2) is 15.9 Å². The summed E-state index contributed by atoms with van der Waals surface area (Å²) in [6, 6.07) is 13.4. The van der Waals surface area contributed by atoms with Gasteiger partial charge < -0.3 is 15.3 Å². The summed E-state index contributed by atoms with van der Waals surface area (Å²) in [6.45, 7) is 0. The van der Waals surface area contributed by atoms with Gasteiger partial charge in [0.2, 0.25) is 5.91 Å². The number of H-pyrrole nitrogens is 2. The van der Waals surface area contributed by atoms with E-state index in [4.69, 9.17) is 0 Å². The summed E-state index contributed by atoms with van der Waals surface area (Å²) in [7, 11) is 0. The van der Waals surface area contributed by atoms with Gasteiger partial charge in [0.05, 0.1) is 16.4 Å². The number of rotatable bonds is 3. The number of nitrogens with one attached hydrogen (secondary N) is 3. The van der Waals surface area contributed by atoms with Gasteiger partial charge in [-0.05, 0) is 48.7 Å². The monoisotopic (exact) mass is 399 g/mol. The third-order valence-electron chi connectivity index (χ3n) is 5.06. The molecule has 0 bridgehead atoms. The second-order valence-corrected chi connectivity index (χ2v) is 7.51. The van der Waals surface area contributed by atoms with E-state index < -0.39 is 5.41 Å². The predicted molar refractivity (Wildman–Crippen MR) is 102 cm³/mol. The molecular formula is C19H18BrN3O2. The average Bonchev–Trinajstić information content (AvgIpc) is 3.21. The lowest BCUT2D eigenvalue weighted by Gasteiger charge is -2.28. The molecule has 128 valence electrons. The molecule has 0 atom stereocenters. The number of imidazole rings is 1. The predicted octanol–water partition coefficient (Wildman–Crippen LogP) is 4.07. The molecule has 0 unspecified atom stereocenters. The summed E-state index contributed by atoms with van der Waals surface area (Å²) in [4.78, 5) is 30.0. The summed E-state index contributed by atoms with van der Waals surface area (Å²) < 4.78 is 1.01. The van der Waals surface area contributed by atoms with Crippen molar-refractivity contribution in [3.8, 4) is 0 Å². The summed E-state index contributed by atoms with van der Waals surface area (Å²) in [5.74, 6) is 0.0181. The molecule has 5 nitrogen and oxygen atoms in total. The number of aromatic nitrogens is 2. The lowest BCUT2D eigenvalue weighted by Crippen LogP contribution is -2.37. The van der Waals surface area contributed by atoms with Crippen molar-refractivity contribution in [2.24, 2.45) is 0 Å². The van der Waals surface area contributed by atoms with Gasteiger partial charge in [0.15, 0.2) is 0 Å². The van der Waals surface area contributed by atoms with E-state index in [1.165, 1.54) is 0 Å². The maximum atomic E-state index is 13.2.